The number of benzene rings is 1. The van der Waals surface area contributed by atoms with Gasteiger partial charge < -0.3 is 5.32 Å². The first-order valence-electron chi connectivity index (χ1n) is 7.88. The van der Waals surface area contributed by atoms with Crippen molar-refractivity contribution < 1.29 is 13.2 Å². The Kier molecular flexibility index (Phi) is 4.12. The van der Waals surface area contributed by atoms with E-state index in [-0.39, 0.29) is 11.7 Å². The minimum absolute atomic E-state index is 0.0273. The highest BCUT2D eigenvalue weighted by atomic mass is 32.2. The van der Waals surface area contributed by atoms with Crippen molar-refractivity contribution in [3.8, 4) is 0 Å². The lowest BCUT2D eigenvalue weighted by molar-refractivity contribution is 0.0923. The zero-order valence-corrected chi connectivity index (χ0v) is 13.5. The maximum atomic E-state index is 12.3. The van der Waals surface area contributed by atoms with Crippen LogP contribution in [-0.2, 0) is 10.0 Å². The van der Waals surface area contributed by atoms with Crippen LogP contribution in [0.2, 0.25) is 0 Å². The van der Waals surface area contributed by atoms with Gasteiger partial charge in [0, 0.05) is 17.3 Å². The Morgan fingerprint density at radius 1 is 1.18 bits per heavy atom. The van der Waals surface area contributed by atoms with E-state index in [2.05, 4.69) is 10.0 Å². The van der Waals surface area contributed by atoms with Crippen molar-refractivity contribution in [2.75, 3.05) is 10.5 Å². The van der Waals surface area contributed by atoms with E-state index < -0.39 is 10.0 Å². The number of rotatable bonds is 5. The van der Waals surface area contributed by atoms with Crippen LogP contribution in [0.25, 0.3) is 0 Å². The second-order valence-corrected chi connectivity index (χ2v) is 8.35. The third kappa shape index (κ3) is 3.27. The first-order valence-corrected chi connectivity index (χ1v) is 9.53. The molecule has 22 heavy (non-hydrogen) atoms. The second kappa shape index (κ2) is 5.91. The van der Waals surface area contributed by atoms with E-state index in [9.17, 15) is 13.2 Å². The summed E-state index contributed by atoms with van der Waals surface area (Å²) in [5.74, 6) is 1.40. The number of fused-ring (bicyclic) bond motifs is 2. The lowest BCUT2D eigenvalue weighted by atomic mass is 9.95. The molecule has 6 heteroatoms. The van der Waals surface area contributed by atoms with Gasteiger partial charge in [-0.2, -0.15) is 0 Å². The third-order valence-corrected chi connectivity index (χ3v) is 6.16. The molecular formula is C16H22N2O3S. The Hall–Kier alpha value is -1.56. The second-order valence-electron chi connectivity index (χ2n) is 6.34. The first-order chi connectivity index (χ1) is 10.5. The van der Waals surface area contributed by atoms with Gasteiger partial charge in [-0.15, -0.1) is 0 Å². The Labute approximate surface area is 131 Å². The molecule has 0 heterocycles. The molecule has 3 rings (SSSR count). The molecule has 0 spiro atoms. The molecule has 0 radical (unpaired) electrons. The van der Waals surface area contributed by atoms with Crippen LogP contribution in [0.1, 0.15) is 43.0 Å². The van der Waals surface area contributed by atoms with E-state index in [4.69, 9.17) is 0 Å². The molecular weight excluding hydrogens is 300 g/mol. The van der Waals surface area contributed by atoms with Gasteiger partial charge in [-0.05, 0) is 62.3 Å². The maximum Gasteiger partial charge on any atom is 0.251 e. The summed E-state index contributed by atoms with van der Waals surface area (Å²) in [5.41, 5.74) is 1.06. The molecule has 0 saturated heterocycles. The van der Waals surface area contributed by atoms with Crippen molar-refractivity contribution >= 4 is 21.6 Å². The molecule has 1 aromatic rings. The average Bonchev–Trinajstić information content (AvgIpc) is 3.10. The van der Waals surface area contributed by atoms with Crippen LogP contribution in [0, 0.1) is 11.8 Å². The van der Waals surface area contributed by atoms with E-state index >= 15 is 0 Å². The predicted octanol–water partition coefficient (Wildman–Crippen LogP) is 2.37. The molecule has 3 atom stereocenters. The fraction of sp³-hybridized carbons (Fsp3) is 0.562. The Bertz CT molecular complexity index is 654. The quantitative estimate of drug-likeness (QED) is 0.874. The molecule has 2 N–H and O–H groups in total. The molecule has 2 aliphatic rings. The predicted molar refractivity (Wildman–Crippen MR) is 86.2 cm³/mol. The summed E-state index contributed by atoms with van der Waals surface area (Å²) in [4.78, 5) is 12.3. The van der Waals surface area contributed by atoms with Gasteiger partial charge in [-0.3, -0.25) is 9.52 Å². The van der Waals surface area contributed by atoms with Crippen molar-refractivity contribution in [3.05, 3.63) is 29.8 Å². The third-order valence-electron chi connectivity index (χ3n) is 4.86. The van der Waals surface area contributed by atoms with Gasteiger partial charge in [-0.25, -0.2) is 8.42 Å². The molecule has 0 unspecified atom stereocenters. The smallest absolute Gasteiger partial charge is 0.251 e. The van der Waals surface area contributed by atoms with Crippen LogP contribution in [0.4, 0.5) is 5.69 Å². The number of sulfonamides is 1. The number of amides is 1. The van der Waals surface area contributed by atoms with Gasteiger partial charge in [0.15, 0.2) is 0 Å². The first kappa shape index (κ1) is 15.3. The molecule has 1 aromatic carbocycles. The summed E-state index contributed by atoms with van der Waals surface area (Å²) in [5, 5.41) is 3.13. The molecule has 0 aliphatic heterocycles. The molecule has 5 nitrogen and oxygen atoms in total. The molecule has 0 aromatic heterocycles. The van der Waals surface area contributed by atoms with Gasteiger partial charge >= 0.3 is 0 Å². The van der Waals surface area contributed by atoms with Crippen LogP contribution >= 0.6 is 0 Å². The van der Waals surface area contributed by atoms with Crippen molar-refractivity contribution in [1.29, 1.82) is 0 Å². The van der Waals surface area contributed by atoms with Gasteiger partial charge in [0.1, 0.15) is 0 Å². The highest BCUT2D eigenvalue weighted by Crippen LogP contribution is 2.44. The summed E-state index contributed by atoms with van der Waals surface area (Å²) < 4.78 is 25.5. The molecule has 2 bridgehead atoms. The highest BCUT2D eigenvalue weighted by molar-refractivity contribution is 7.92. The summed E-state index contributed by atoms with van der Waals surface area (Å²) in [7, 11) is -3.28. The molecule has 2 saturated carbocycles. The largest absolute Gasteiger partial charge is 0.349 e. The summed E-state index contributed by atoms with van der Waals surface area (Å²) >= 11 is 0. The zero-order chi connectivity index (χ0) is 15.7. The Morgan fingerprint density at radius 3 is 2.45 bits per heavy atom. The normalized spacial score (nSPS) is 26.9. The standard InChI is InChI=1S/C16H22N2O3S/c1-2-22(20,21)18-14-7-5-12(6-8-14)16(19)17-15-10-11-3-4-13(15)9-11/h5-8,11,13,15,18H,2-4,9-10H2,1H3,(H,17,19)/t11-,13-,15-/m0/s1. The molecule has 2 aliphatic carbocycles. The van der Waals surface area contributed by atoms with Crippen LogP contribution < -0.4 is 10.0 Å². The van der Waals surface area contributed by atoms with E-state index in [0.717, 1.165) is 12.3 Å². The summed E-state index contributed by atoms with van der Waals surface area (Å²) in [6, 6.07) is 6.89. The van der Waals surface area contributed by atoms with E-state index in [1.165, 1.54) is 19.3 Å². The van der Waals surface area contributed by atoms with E-state index in [1.807, 2.05) is 0 Å². The number of hydrogen-bond donors (Lipinski definition) is 2. The van der Waals surface area contributed by atoms with Crippen LogP contribution in [0.5, 0.6) is 0 Å². The van der Waals surface area contributed by atoms with Gasteiger partial charge in [0.2, 0.25) is 10.0 Å². The fourth-order valence-electron chi connectivity index (χ4n) is 3.61. The van der Waals surface area contributed by atoms with Crippen molar-refractivity contribution in [2.45, 2.75) is 38.6 Å². The monoisotopic (exact) mass is 322 g/mol. The lowest BCUT2D eigenvalue weighted by Crippen LogP contribution is -2.38. The maximum absolute atomic E-state index is 12.3. The highest BCUT2D eigenvalue weighted by Gasteiger charge is 2.40. The van der Waals surface area contributed by atoms with Gasteiger partial charge in [0.25, 0.3) is 5.91 Å². The number of carbonyl (C=O) groups excluding carboxylic acids is 1. The number of nitrogens with one attached hydrogen (secondary N) is 2. The lowest BCUT2D eigenvalue weighted by Gasteiger charge is -2.22. The molecule has 120 valence electrons. The van der Waals surface area contributed by atoms with Crippen molar-refractivity contribution in [3.63, 3.8) is 0 Å². The minimum Gasteiger partial charge on any atom is -0.349 e. The zero-order valence-electron chi connectivity index (χ0n) is 12.7. The summed E-state index contributed by atoms with van der Waals surface area (Å²) in [6.07, 6.45) is 4.89. The average molecular weight is 322 g/mol. The number of carbonyl (C=O) groups is 1. The van der Waals surface area contributed by atoms with Gasteiger partial charge in [-0.1, -0.05) is 6.42 Å². The Morgan fingerprint density at radius 2 is 1.91 bits per heavy atom. The van der Waals surface area contributed by atoms with Crippen LogP contribution in [0.3, 0.4) is 0 Å². The van der Waals surface area contributed by atoms with E-state index in [1.54, 1.807) is 31.2 Å². The minimum atomic E-state index is -3.28. The Balaban J connectivity index is 1.61. The van der Waals surface area contributed by atoms with Gasteiger partial charge in [0.05, 0.1) is 5.75 Å². The molecule has 2 fully saturated rings. The summed E-state index contributed by atoms with van der Waals surface area (Å²) in [6.45, 7) is 1.58. The van der Waals surface area contributed by atoms with E-state index in [0.29, 0.717) is 23.2 Å². The van der Waals surface area contributed by atoms with Crippen molar-refractivity contribution in [1.82, 2.24) is 5.32 Å². The van der Waals surface area contributed by atoms with Crippen LogP contribution in [-0.4, -0.2) is 26.1 Å². The fourth-order valence-corrected chi connectivity index (χ4v) is 4.25. The SMILES string of the molecule is CCS(=O)(=O)Nc1ccc(C(=O)N[C@H]2C[C@H]3CC[C@H]2C3)cc1. The number of hydrogen-bond acceptors (Lipinski definition) is 3. The van der Waals surface area contributed by atoms with Crippen LogP contribution in [0.15, 0.2) is 24.3 Å². The van der Waals surface area contributed by atoms with Crippen molar-refractivity contribution in [2.24, 2.45) is 11.8 Å². The number of anilines is 1. The molecule has 1 amide bonds. The topological polar surface area (TPSA) is 75.3 Å².